The normalized spacial score (nSPS) is 18.6. The first-order valence-electron chi connectivity index (χ1n) is 2.58. The van der Waals surface area contributed by atoms with Gasteiger partial charge in [-0.15, -0.1) is 0 Å². The third-order valence-corrected chi connectivity index (χ3v) is 1.00. The second-order valence-corrected chi connectivity index (χ2v) is 1.84. The van der Waals surface area contributed by atoms with Crippen LogP contribution < -0.4 is 0 Å². The average molecular weight is 108 g/mol. The summed E-state index contributed by atoms with van der Waals surface area (Å²) in [4.78, 5) is 3.90. The van der Waals surface area contributed by atoms with Gasteiger partial charge in [0, 0.05) is 12.1 Å². The van der Waals surface area contributed by atoms with Gasteiger partial charge in [-0.05, 0) is 13.0 Å². The molecule has 2 nitrogen and oxygen atoms in total. The molecule has 0 spiro atoms. The second kappa shape index (κ2) is 1.90. The topological polar surface area (TPSA) is 36.2 Å². The maximum absolute atomic E-state index is 7.04. The lowest BCUT2D eigenvalue weighted by Crippen LogP contribution is -1.99. The minimum absolute atomic E-state index is 0.369. The van der Waals surface area contributed by atoms with Gasteiger partial charge >= 0.3 is 0 Å². The molecule has 42 valence electrons. The van der Waals surface area contributed by atoms with Gasteiger partial charge in [0.1, 0.15) is 5.84 Å². The van der Waals surface area contributed by atoms with Gasteiger partial charge in [-0.1, -0.05) is 6.08 Å². The Kier molecular flexibility index (Phi) is 1.24. The Morgan fingerprint density at radius 3 is 2.88 bits per heavy atom. The van der Waals surface area contributed by atoms with E-state index in [2.05, 4.69) is 4.99 Å². The smallest absolute Gasteiger partial charge is 0.143 e. The van der Waals surface area contributed by atoms with Gasteiger partial charge in [-0.25, -0.2) is 4.99 Å². The van der Waals surface area contributed by atoms with Crippen LogP contribution in [0.3, 0.4) is 0 Å². The van der Waals surface area contributed by atoms with Crippen molar-refractivity contribution in [1.82, 2.24) is 0 Å². The van der Waals surface area contributed by atoms with E-state index in [1.165, 1.54) is 0 Å². The minimum atomic E-state index is 0.369. The molecular weight excluding hydrogens is 100 g/mol. The number of rotatable bonds is 0. The van der Waals surface area contributed by atoms with Crippen LogP contribution in [0.5, 0.6) is 0 Å². The summed E-state index contributed by atoms with van der Waals surface area (Å²) in [6.45, 7) is 1.93. The predicted molar refractivity (Wildman–Crippen MR) is 34.6 cm³/mol. The van der Waals surface area contributed by atoms with E-state index in [0.29, 0.717) is 5.84 Å². The molecule has 0 radical (unpaired) electrons. The number of hydrogen-bond donors (Lipinski definition) is 1. The Labute approximate surface area is 48.4 Å². The van der Waals surface area contributed by atoms with Crippen molar-refractivity contribution in [3.05, 3.63) is 12.2 Å². The highest BCUT2D eigenvalue weighted by atomic mass is 14.8. The third-order valence-electron chi connectivity index (χ3n) is 1.00. The summed E-state index contributed by atoms with van der Waals surface area (Å²) >= 11 is 0. The molecule has 0 atom stereocenters. The maximum atomic E-state index is 7.04. The zero-order valence-electron chi connectivity index (χ0n) is 4.81. The Morgan fingerprint density at radius 2 is 2.50 bits per heavy atom. The van der Waals surface area contributed by atoms with Crippen LogP contribution in [0, 0.1) is 5.41 Å². The lowest BCUT2D eigenvalue weighted by atomic mass is 10.2. The van der Waals surface area contributed by atoms with Gasteiger partial charge in [0.25, 0.3) is 0 Å². The molecule has 1 N–H and O–H groups in total. The number of dihydropyridines is 1. The molecule has 1 heterocycles. The molecule has 0 aromatic carbocycles. The summed E-state index contributed by atoms with van der Waals surface area (Å²) in [6.07, 6.45) is 4.57. The Morgan fingerprint density at radius 1 is 1.75 bits per heavy atom. The van der Waals surface area contributed by atoms with Gasteiger partial charge in [0.2, 0.25) is 0 Å². The second-order valence-electron chi connectivity index (χ2n) is 1.84. The lowest BCUT2D eigenvalue weighted by Gasteiger charge is -1.99. The molecule has 0 saturated carbocycles. The Bertz CT molecular complexity index is 165. The number of amidine groups is 1. The molecule has 1 aliphatic heterocycles. The molecule has 0 amide bonds. The lowest BCUT2D eigenvalue weighted by molar-refractivity contribution is 1.34. The molecule has 0 aromatic heterocycles. The van der Waals surface area contributed by atoms with Gasteiger partial charge < -0.3 is 0 Å². The van der Waals surface area contributed by atoms with Crippen molar-refractivity contribution in [3.8, 4) is 0 Å². The number of nitrogens with zero attached hydrogens (tertiary/aromatic N) is 1. The van der Waals surface area contributed by atoms with E-state index in [9.17, 15) is 0 Å². The molecule has 8 heavy (non-hydrogen) atoms. The quantitative estimate of drug-likeness (QED) is 0.486. The summed E-state index contributed by atoms with van der Waals surface area (Å²) in [5, 5.41) is 7.04. The van der Waals surface area contributed by atoms with Crippen molar-refractivity contribution in [2.24, 2.45) is 4.99 Å². The van der Waals surface area contributed by atoms with Crippen molar-refractivity contribution in [2.75, 3.05) is 0 Å². The van der Waals surface area contributed by atoms with Crippen LogP contribution in [0.15, 0.2) is 17.1 Å². The van der Waals surface area contributed by atoms with Crippen molar-refractivity contribution in [1.29, 1.82) is 5.41 Å². The molecule has 0 fully saturated rings. The zero-order chi connectivity index (χ0) is 5.98. The highest BCUT2D eigenvalue weighted by Crippen LogP contribution is 1.96. The number of aliphatic imine (C=N–C) groups is 1. The molecular formula is C6H8N2. The van der Waals surface area contributed by atoms with Crippen molar-refractivity contribution >= 4 is 11.5 Å². The first-order valence-corrected chi connectivity index (χ1v) is 2.58. The van der Waals surface area contributed by atoms with Crippen LogP contribution in [0.2, 0.25) is 0 Å². The number of hydrogen-bond acceptors (Lipinski definition) is 1. The molecule has 1 aliphatic rings. The van der Waals surface area contributed by atoms with Crippen LogP contribution in [-0.4, -0.2) is 11.5 Å². The standard InChI is InChI=1S/C6H8N2/c1-5-3-2-4-6(7)8-5/h2,4,7H,3H2,1H3. The fourth-order valence-corrected chi connectivity index (χ4v) is 0.630. The summed E-state index contributed by atoms with van der Waals surface area (Å²) in [5.41, 5.74) is 1.03. The van der Waals surface area contributed by atoms with E-state index < -0.39 is 0 Å². The van der Waals surface area contributed by atoms with E-state index in [1.807, 2.05) is 13.0 Å². The Hall–Kier alpha value is -0.920. The highest BCUT2D eigenvalue weighted by molar-refractivity contribution is 6.04. The van der Waals surface area contributed by atoms with E-state index in [-0.39, 0.29) is 0 Å². The Balaban J connectivity index is 2.74. The van der Waals surface area contributed by atoms with Crippen LogP contribution in [0.1, 0.15) is 13.3 Å². The van der Waals surface area contributed by atoms with E-state index in [0.717, 1.165) is 12.1 Å². The van der Waals surface area contributed by atoms with E-state index >= 15 is 0 Å². The van der Waals surface area contributed by atoms with E-state index in [4.69, 9.17) is 5.41 Å². The van der Waals surface area contributed by atoms with E-state index in [1.54, 1.807) is 6.08 Å². The summed E-state index contributed by atoms with van der Waals surface area (Å²) in [6, 6.07) is 0. The largest absolute Gasteiger partial charge is 0.283 e. The van der Waals surface area contributed by atoms with Crippen LogP contribution >= 0.6 is 0 Å². The molecule has 0 aliphatic carbocycles. The molecule has 0 aromatic rings. The summed E-state index contributed by atoms with van der Waals surface area (Å²) in [7, 11) is 0. The van der Waals surface area contributed by atoms with Crippen molar-refractivity contribution < 1.29 is 0 Å². The monoisotopic (exact) mass is 108 g/mol. The molecule has 0 bridgehead atoms. The fraction of sp³-hybridized carbons (Fsp3) is 0.333. The maximum Gasteiger partial charge on any atom is 0.143 e. The fourth-order valence-electron chi connectivity index (χ4n) is 0.630. The third kappa shape index (κ3) is 1.03. The van der Waals surface area contributed by atoms with Crippen molar-refractivity contribution in [2.45, 2.75) is 13.3 Å². The van der Waals surface area contributed by atoms with Gasteiger partial charge in [0.05, 0.1) is 0 Å². The first kappa shape index (κ1) is 5.22. The molecule has 0 unspecified atom stereocenters. The zero-order valence-corrected chi connectivity index (χ0v) is 4.81. The van der Waals surface area contributed by atoms with Gasteiger partial charge in [-0.2, -0.15) is 0 Å². The van der Waals surface area contributed by atoms with Crippen LogP contribution in [0.25, 0.3) is 0 Å². The molecule has 2 heteroatoms. The minimum Gasteiger partial charge on any atom is -0.283 e. The van der Waals surface area contributed by atoms with Crippen molar-refractivity contribution in [3.63, 3.8) is 0 Å². The summed E-state index contributed by atoms with van der Waals surface area (Å²) in [5.74, 6) is 0.369. The SMILES string of the molecule is CC1=NC(=N)C=CC1. The number of nitrogens with one attached hydrogen (secondary N) is 1. The first-order chi connectivity index (χ1) is 3.79. The average Bonchev–Trinajstić information content (AvgIpc) is 1.64. The van der Waals surface area contributed by atoms with Crippen LogP contribution in [0.4, 0.5) is 0 Å². The number of allylic oxidation sites excluding steroid dienone is 1. The predicted octanol–water partition coefficient (Wildman–Crippen LogP) is 1.38. The van der Waals surface area contributed by atoms with Gasteiger partial charge in [0.15, 0.2) is 0 Å². The molecule has 0 saturated heterocycles. The summed E-state index contributed by atoms with van der Waals surface area (Å²) < 4.78 is 0. The van der Waals surface area contributed by atoms with Gasteiger partial charge in [-0.3, -0.25) is 5.41 Å². The van der Waals surface area contributed by atoms with Crippen LogP contribution in [-0.2, 0) is 0 Å². The molecule has 1 rings (SSSR count). The highest BCUT2D eigenvalue weighted by Gasteiger charge is 1.94.